The van der Waals surface area contributed by atoms with E-state index in [1.54, 1.807) is 18.6 Å². The first kappa shape index (κ1) is 21.7. The van der Waals surface area contributed by atoms with Crippen LogP contribution in [0.15, 0.2) is 87.0 Å². The molecule has 3 rings (SSSR count). The van der Waals surface area contributed by atoms with Crippen LogP contribution < -0.4 is 0 Å². The highest BCUT2D eigenvalue weighted by molar-refractivity contribution is 5.92. The molecule has 5 nitrogen and oxygen atoms in total. The van der Waals surface area contributed by atoms with Gasteiger partial charge in [0, 0.05) is 6.42 Å². The van der Waals surface area contributed by atoms with Gasteiger partial charge in [0.15, 0.2) is 0 Å². The van der Waals surface area contributed by atoms with Gasteiger partial charge >= 0.3 is 5.97 Å². The van der Waals surface area contributed by atoms with E-state index in [1.807, 2.05) is 18.4 Å². The quantitative estimate of drug-likeness (QED) is 0.427. The summed E-state index contributed by atoms with van der Waals surface area (Å²) in [7, 11) is 0. The van der Waals surface area contributed by atoms with Crippen LogP contribution in [0.1, 0.15) is 43.6 Å². The molecule has 0 radical (unpaired) electrons. The van der Waals surface area contributed by atoms with Gasteiger partial charge in [0.25, 0.3) is 0 Å². The SMILES string of the molecule is CC(/C=C/CC(C)/C=C1\C=C(CO)C(=O)O1)=C\CCc1coc(Cc2ccoc2)c1. The number of aliphatic hydroxyl groups is 1. The number of rotatable bonds is 10. The van der Waals surface area contributed by atoms with Crippen LogP contribution in [0.5, 0.6) is 0 Å². The summed E-state index contributed by atoms with van der Waals surface area (Å²) >= 11 is 0. The summed E-state index contributed by atoms with van der Waals surface area (Å²) in [4.78, 5) is 11.5. The largest absolute Gasteiger partial charge is 0.472 e. The molecule has 158 valence electrons. The fraction of sp³-hybridized carbons (Fsp3) is 0.320. The van der Waals surface area contributed by atoms with Gasteiger partial charge in [-0.1, -0.05) is 30.7 Å². The Kier molecular flexibility index (Phi) is 7.69. The number of hydrogen-bond donors (Lipinski definition) is 1. The number of allylic oxidation sites excluding steroid dienone is 6. The van der Waals surface area contributed by atoms with Gasteiger partial charge in [-0.15, -0.1) is 0 Å². The predicted octanol–water partition coefficient (Wildman–Crippen LogP) is 5.28. The minimum atomic E-state index is -0.462. The molecule has 2 aromatic heterocycles. The number of aliphatic hydroxyl groups excluding tert-OH is 1. The zero-order valence-corrected chi connectivity index (χ0v) is 17.5. The molecule has 0 fully saturated rings. The minimum absolute atomic E-state index is 0.228. The fourth-order valence-electron chi connectivity index (χ4n) is 3.22. The number of cyclic esters (lactones) is 1. The predicted molar refractivity (Wildman–Crippen MR) is 115 cm³/mol. The van der Waals surface area contributed by atoms with Gasteiger partial charge in [0.2, 0.25) is 0 Å². The van der Waals surface area contributed by atoms with Gasteiger partial charge in [-0.3, -0.25) is 0 Å². The topological polar surface area (TPSA) is 72.8 Å². The molecule has 0 saturated carbocycles. The van der Waals surface area contributed by atoms with Crippen molar-refractivity contribution < 1.29 is 23.5 Å². The molecular formula is C25H28O5. The van der Waals surface area contributed by atoms with Crippen molar-refractivity contribution in [2.45, 2.75) is 39.5 Å². The molecule has 0 aliphatic carbocycles. The van der Waals surface area contributed by atoms with Gasteiger partial charge in [-0.25, -0.2) is 4.79 Å². The van der Waals surface area contributed by atoms with Crippen LogP contribution in [0.2, 0.25) is 0 Å². The Labute approximate surface area is 177 Å². The van der Waals surface area contributed by atoms with Crippen LogP contribution in [-0.2, 0) is 22.4 Å². The molecule has 0 aromatic carbocycles. The average Bonchev–Trinajstić information content (AvgIpc) is 3.44. The molecule has 1 aliphatic rings. The van der Waals surface area contributed by atoms with Crippen molar-refractivity contribution in [3.63, 3.8) is 0 Å². The second kappa shape index (κ2) is 10.6. The van der Waals surface area contributed by atoms with E-state index in [4.69, 9.17) is 18.7 Å². The van der Waals surface area contributed by atoms with Crippen LogP contribution in [0.3, 0.4) is 0 Å². The molecule has 2 aromatic rings. The Morgan fingerprint density at radius 3 is 2.87 bits per heavy atom. The van der Waals surface area contributed by atoms with E-state index in [9.17, 15) is 4.79 Å². The van der Waals surface area contributed by atoms with Crippen molar-refractivity contribution in [3.05, 3.63) is 95.1 Å². The van der Waals surface area contributed by atoms with Crippen molar-refractivity contribution in [2.24, 2.45) is 5.92 Å². The van der Waals surface area contributed by atoms with Crippen molar-refractivity contribution in [2.75, 3.05) is 6.61 Å². The van der Waals surface area contributed by atoms with Gasteiger partial charge in [0.1, 0.15) is 11.5 Å². The van der Waals surface area contributed by atoms with Crippen molar-refractivity contribution in [1.29, 1.82) is 0 Å². The summed E-state index contributed by atoms with van der Waals surface area (Å²) in [6.07, 6.45) is 18.7. The molecule has 1 N–H and O–H groups in total. The van der Waals surface area contributed by atoms with Crippen LogP contribution in [-0.4, -0.2) is 17.7 Å². The Bertz CT molecular complexity index is 954. The number of ether oxygens (including phenoxy) is 1. The lowest BCUT2D eigenvalue weighted by Crippen LogP contribution is -2.02. The summed E-state index contributed by atoms with van der Waals surface area (Å²) < 4.78 is 15.8. The van der Waals surface area contributed by atoms with Gasteiger partial charge in [-0.2, -0.15) is 0 Å². The standard InChI is InChI=1S/C25H28O5/c1-18(5-3-7-19(2)11-24-14-22(15-26)25(27)30-24)6-4-8-20-12-23(29-17-20)13-21-9-10-28-16-21/h3,5-6,9-12,14,16-17,19,26H,4,7-8,13,15H2,1-2H3/b5-3+,18-6+,24-11+. The van der Waals surface area contributed by atoms with E-state index < -0.39 is 5.97 Å². The summed E-state index contributed by atoms with van der Waals surface area (Å²) in [6.45, 7) is 3.86. The lowest BCUT2D eigenvalue weighted by Gasteiger charge is -2.03. The first-order valence-corrected chi connectivity index (χ1v) is 10.2. The molecule has 5 heteroatoms. The number of carbonyl (C=O) groups excluding carboxylic acids is 1. The molecule has 1 unspecified atom stereocenters. The maximum atomic E-state index is 11.5. The van der Waals surface area contributed by atoms with E-state index in [-0.39, 0.29) is 12.5 Å². The number of furan rings is 2. The molecule has 0 saturated heterocycles. The first-order chi connectivity index (χ1) is 14.5. The number of hydrogen-bond acceptors (Lipinski definition) is 5. The molecular weight excluding hydrogens is 380 g/mol. The summed E-state index contributed by atoms with van der Waals surface area (Å²) in [5, 5.41) is 9.06. The Balaban J connectivity index is 1.41. The van der Waals surface area contributed by atoms with Crippen LogP contribution >= 0.6 is 0 Å². The maximum Gasteiger partial charge on any atom is 0.341 e. The second-order valence-electron chi connectivity index (χ2n) is 7.62. The highest BCUT2D eigenvalue weighted by Gasteiger charge is 2.20. The van der Waals surface area contributed by atoms with E-state index in [2.05, 4.69) is 38.1 Å². The highest BCUT2D eigenvalue weighted by atomic mass is 16.5. The second-order valence-corrected chi connectivity index (χ2v) is 7.62. The average molecular weight is 408 g/mol. The van der Waals surface area contributed by atoms with E-state index in [1.165, 1.54) is 11.1 Å². The number of aryl methyl sites for hydroxylation is 1. The van der Waals surface area contributed by atoms with Crippen LogP contribution in [0, 0.1) is 5.92 Å². The third kappa shape index (κ3) is 6.49. The van der Waals surface area contributed by atoms with Crippen molar-refractivity contribution in [3.8, 4) is 0 Å². The molecule has 1 atom stereocenters. The van der Waals surface area contributed by atoms with Crippen LogP contribution in [0.25, 0.3) is 0 Å². The lowest BCUT2D eigenvalue weighted by molar-refractivity contribution is -0.133. The van der Waals surface area contributed by atoms with Crippen molar-refractivity contribution in [1.82, 2.24) is 0 Å². The summed E-state index contributed by atoms with van der Waals surface area (Å²) in [5.74, 6) is 1.23. The smallest absolute Gasteiger partial charge is 0.341 e. The van der Waals surface area contributed by atoms with E-state index >= 15 is 0 Å². The lowest BCUT2D eigenvalue weighted by atomic mass is 10.0. The highest BCUT2D eigenvalue weighted by Crippen LogP contribution is 2.20. The van der Waals surface area contributed by atoms with Gasteiger partial charge < -0.3 is 18.7 Å². The van der Waals surface area contributed by atoms with Crippen LogP contribution in [0.4, 0.5) is 0 Å². The molecule has 30 heavy (non-hydrogen) atoms. The molecule has 0 bridgehead atoms. The molecule has 0 amide bonds. The van der Waals surface area contributed by atoms with Gasteiger partial charge in [-0.05, 0) is 67.5 Å². The first-order valence-electron chi connectivity index (χ1n) is 10.2. The Morgan fingerprint density at radius 1 is 1.27 bits per heavy atom. The van der Waals surface area contributed by atoms with E-state index in [0.29, 0.717) is 11.3 Å². The van der Waals surface area contributed by atoms with Crippen molar-refractivity contribution >= 4 is 5.97 Å². The third-order valence-electron chi connectivity index (χ3n) is 4.86. The molecule has 3 heterocycles. The normalized spacial score (nSPS) is 17.0. The summed E-state index contributed by atoms with van der Waals surface area (Å²) in [5.41, 5.74) is 3.82. The maximum absolute atomic E-state index is 11.5. The monoisotopic (exact) mass is 408 g/mol. The van der Waals surface area contributed by atoms with E-state index in [0.717, 1.165) is 37.0 Å². The zero-order valence-electron chi connectivity index (χ0n) is 17.5. The Morgan fingerprint density at radius 2 is 2.13 bits per heavy atom. The van der Waals surface area contributed by atoms with Gasteiger partial charge in [0.05, 0.1) is 31.0 Å². The summed E-state index contributed by atoms with van der Waals surface area (Å²) in [6, 6.07) is 4.05. The number of carbonyl (C=O) groups is 1. The molecule has 0 spiro atoms. The fourth-order valence-corrected chi connectivity index (χ4v) is 3.22. The Hall–Kier alpha value is -3.05. The minimum Gasteiger partial charge on any atom is -0.472 e. The third-order valence-corrected chi connectivity index (χ3v) is 4.86. The zero-order chi connectivity index (χ0) is 21.3. The number of esters is 1. The molecule has 1 aliphatic heterocycles.